The minimum atomic E-state index is 0.447. The van der Waals surface area contributed by atoms with Gasteiger partial charge in [0.1, 0.15) is 12.4 Å². The van der Waals surface area contributed by atoms with Crippen LogP contribution in [0.5, 0.6) is 5.75 Å². The number of hydrogen-bond acceptors (Lipinski definition) is 2. The number of carbonyl (C=O) groups is 1. The molecule has 3 nitrogen and oxygen atoms in total. The SMILES string of the molecule is O=Cc1cn(Cc2ccccc2)c2c1COc1ccccc1-2. The summed E-state index contributed by atoms with van der Waals surface area (Å²) in [7, 11) is 0. The summed E-state index contributed by atoms with van der Waals surface area (Å²) < 4.78 is 7.93. The monoisotopic (exact) mass is 289 g/mol. The Morgan fingerprint density at radius 1 is 1.05 bits per heavy atom. The van der Waals surface area contributed by atoms with E-state index in [2.05, 4.69) is 16.7 Å². The van der Waals surface area contributed by atoms with Gasteiger partial charge in [-0.3, -0.25) is 4.79 Å². The maximum absolute atomic E-state index is 11.4. The van der Waals surface area contributed by atoms with Crippen LogP contribution in [0.3, 0.4) is 0 Å². The molecule has 2 aromatic carbocycles. The Morgan fingerprint density at radius 2 is 1.82 bits per heavy atom. The molecule has 0 spiro atoms. The molecule has 0 saturated carbocycles. The highest BCUT2D eigenvalue weighted by molar-refractivity contribution is 5.85. The average molecular weight is 289 g/mol. The molecular formula is C19H15NO2. The number of aldehydes is 1. The van der Waals surface area contributed by atoms with Gasteiger partial charge in [-0.1, -0.05) is 42.5 Å². The van der Waals surface area contributed by atoms with E-state index < -0.39 is 0 Å². The van der Waals surface area contributed by atoms with E-state index in [1.807, 2.05) is 48.7 Å². The molecular weight excluding hydrogens is 274 g/mol. The lowest BCUT2D eigenvalue weighted by atomic mass is 10.0. The topological polar surface area (TPSA) is 31.2 Å². The fourth-order valence-corrected chi connectivity index (χ4v) is 3.03. The number of aromatic nitrogens is 1. The third-order valence-electron chi connectivity index (χ3n) is 4.05. The Hall–Kier alpha value is -2.81. The summed E-state index contributed by atoms with van der Waals surface area (Å²) in [4.78, 5) is 11.4. The molecule has 0 radical (unpaired) electrons. The van der Waals surface area contributed by atoms with Gasteiger partial charge in [-0.05, 0) is 17.7 Å². The molecule has 22 heavy (non-hydrogen) atoms. The van der Waals surface area contributed by atoms with Crippen molar-refractivity contribution < 1.29 is 9.53 Å². The maximum atomic E-state index is 11.4. The van der Waals surface area contributed by atoms with Gasteiger partial charge in [0, 0.05) is 29.4 Å². The van der Waals surface area contributed by atoms with Crippen molar-refractivity contribution in [2.75, 3.05) is 0 Å². The van der Waals surface area contributed by atoms with Gasteiger partial charge in [-0.15, -0.1) is 0 Å². The first-order valence-corrected chi connectivity index (χ1v) is 7.30. The molecule has 0 saturated heterocycles. The zero-order chi connectivity index (χ0) is 14.9. The van der Waals surface area contributed by atoms with Crippen LogP contribution < -0.4 is 4.74 Å². The summed E-state index contributed by atoms with van der Waals surface area (Å²) in [6.45, 7) is 1.19. The smallest absolute Gasteiger partial charge is 0.152 e. The summed E-state index contributed by atoms with van der Waals surface area (Å²) in [6.07, 6.45) is 2.84. The number of para-hydroxylation sites is 1. The second-order valence-electron chi connectivity index (χ2n) is 5.43. The van der Waals surface area contributed by atoms with Gasteiger partial charge in [0.05, 0.1) is 5.69 Å². The predicted octanol–water partition coefficient (Wildman–Crippen LogP) is 3.91. The quantitative estimate of drug-likeness (QED) is 0.685. The summed E-state index contributed by atoms with van der Waals surface area (Å²) in [6, 6.07) is 18.2. The van der Waals surface area contributed by atoms with Crippen molar-refractivity contribution in [3.05, 3.63) is 77.5 Å². The minimum absolute atomic E-state index is 0.447. The number of ether oxygens (including phenoxy) is 1. The van der Waals surface area contributed by atoms with Gasteiger partial charge in [0.2, 0.25) is 0 Å². The molecule has 0 fully saturated rings. The van der Waals surface area contributed by atoms with Gasteiger partial charge >= 0.3 is 0 Å². The Balaban J connectivity index is 1.87. The lowest BCUT2D eigenvalue weighted by Gasteiger charge is -2.20. The van der Waals surface area contributed by atoms with Crippen LogP contribution in [-0.2, 0) is 13.2 Å². The van der Waals surface area contributed by atoms with Crippen molar-refractivity contribution in [3.8, 4) is 17.0 Å². The molecule has 1 aromatic heterocycles. The van der Waals surface area contributed by atoms with Gasteiger partial charge in [0.15, 0.2) is 6.29 Å². The largest absolute Gasteiger partial charge is 0.488 e. The number of benzene rings is 2. The summed E-state index contributed by atoms with van der Waals surface area (Å²) in [5.41, 5.74) is 5.03. The van der Waals surface area contributed by atoms with E-state index in [4.69, 9.17) is 4.74 Å². The van der Waals surface area contributed by atoms with Crippen LogP contribution in [-0.4, -0.2) is 10.9 Å². The third-order valence-corrected chi connectivity index (χ3v) is 4.05. The van der Waals surface area contributed by atoms with Gasteiger partial charge in [0.25, 0.3) is 0 Å². The van der Waals surface area contributed by atoms with Gasteiger partial charge in [-0.2, -0.15) is 0 Å². The van der Waals surface area contributed by atoms with Crippen LogP contribution in [0.4, 0.5) is 0 Å². The van der Waals surface area contributed by atoms with Gasteiger partial charge < -0.3 is 9.30 Å². The first kappa shape index (κ1) is 12.9. The Morgan fingerprint density at radius 3 is 2.64 bits per heavy atom. The van der Waals surface area contributed by atoms with Crippen LogP contribution in [0.15, 0.2) is 60.8 Å². The lowest BCUT2D eigenvalue weighted by Crippen LogP contribution is -2.09. The molecule has 108 valence electrons. The van der Waals surface area contributed by atoms with Crippen molar-refractivity contribution in [3.63, 3.8) is 0 Å². The Kier molecular flexibility index (Phi) is 3.04. The van der Waals surface area contributed by atoms with Crippen molar-refractivity contribution in [1.82, 2.24) is 4.57 Å². The van der Waals surface area contributed by atoms with Crippen LogP contribution in [0, 0.1) is 0 Å². The molecule has 4 rings (SSSR count). The molecule has 0 atom stereocenters. The highest BCUT2D eigenvalue weighted by Crippen LogP contribution is 2.39. The number of fused-ring (bicyclic) bond motifs is 3. The molecule has 2 heterocycles. The fourth-order valence-electron chi connectivity index (χ4n) is 3.03. The third kappa shape index (κ3) is 2.02. The van der Waals surface area contributed by atoms with Gasteiger partial charge in [-0.25, -0.2) is 0 Å². The van der Waals surface area contributed by atoms with E-state index in [0.717, 1.165) is 35.4 Å². The van der Waals surface area contributed by atoms with E-state index in [0.29, 0.717) is 12.2 Å². The first-order valence-electron chi connectivity index (χ1n) is 7.30. The number of nitrogens with zero attached hydrogens (tertiary/aromatic N) is 1. The second kappa shape index (κ2) is 5.19. The van der Waals surface area contributed by atoms with Crippen molar-refractivity contribution in [2.45, 2.75) is 13.2 Å². The molecule has 0 unspecified atom stereocenters. The summed E-state index contributed by atoms with van der Waals surface area (Å²) in [5.74, 6) is 0.875. The van der Waals surface area contributed by atoms with E-state index in [-0.39, 0.29) is 0 Å². The molecule has 0 bridgehead atoms. The minimum Gasteiger partial charge on any atom is -0.488 e. The highest BCUT2D eigenvalue weighted by Gasteiger charge is 2.24. The fraction of sp³-hybridized carbons (Fsp3) is 0.105. The molecule has 3 aromatic rings. The molecule has 3 heteroatoms. The van der Waals surface area contributed by atoms with Crippen LogP contribution in [0.25, 0.3) is 11.3 Å². The van der Waals surface area contributed by atoms with Crippen molar-refractivity contribution in [2.24, 2.45) is 0 Å². The van der Waals surface area contributed by atoms with E-state index in [1.165, 1.54) is 5.56 Å². The second-order valence-corrected chi connectivity index (χ2v) is 5.43. The number of rotatable bonds is 3. The Labute approximate surface area is 128 Å². The van der Waals surface area contributed by atoms with Crippen molar-refractivity contribution in [1.29, 1.82) is 0 Å². The number of carbonyl (C=O) groups excluding carboxylic acids is 1. The normalized spacial score (nSPS) is 12.2. The van der Waals surface area contributed by atoms with Crippen LogP contribution >= 0.6 is 0 Å². The number of hydrogen-bond donors (Lipinski definition) is 0. The van der Waals surface area contributed by atoms with E-state index >= 15 is 0 Å². The highest BCUT2D eigenvalue weighted by atomic mass is 16.5. The lowest BCUT2D eigenvalue weighted by molar-refractivity contribution is 0.112. The van der Waals surface area contributed by atoms with E-state index in [9.17, 15) is 4.79 Å². The predicted molar refractivity (Wildman–Crippen MR) is 85.1 cm³/mol. The molecule has 0 amide bonds. The Bertz CT molecular complexity index is 834. The maximum Gasteiger partial charge on any atom is 0.152 e. The summed E-state index contributed by atoms with van der Waals surface area (Å²) >= 11 is 0. The van der Waals surface area contributed by atoms with Crippen LogP contribution in [0.1, 0.15) is 21.5 Å². The zero-order valence-corrected chi connectivity index (χ0v) is 12.0. The zero-order valence-electron chi connectivity index (χ0n) is 12.0. The standard InChI is InChI=1S/C19H15NO2/c21-12-15-11-20(10-14-6-2-1-3-7-14)19-16-8-4-5-9-18(16)22-13-17(15)19/h1-9,11-12H,10,13H2. The van der Waals surface area contributed by atoms with Crippen molar-refractivity contribution >= 4 is 6.29 Å². The summed E-state index contributed by atoms with van der Waals surface area (Å²) in [5, 5.41) is 0. The molecule has 0 N–H and O–H groups in total. The van der Waals surface area contributed by atoms with Crippen LogP contribution in [0.2, 0.25) is 0 Å². The average Bonchev–Trinajstić information content (AvgIpc) is 2.94. The molecule has 1 aliphatic heterocycles. The first-order chi connectivity index (χ1) is 10.9. The molecule has 1 aliphatic rings. The van der Waals surface area contributed by atoms with E-state index in [1.54, 1.807) is 0 Å². The molecule has 0 aliphatic carbocycles.